The van der Waals surface area contributed by atoms with Gasteiger partial charge in [-0.25, -0.2) is 8.42 Å². The predicted molar refractivity (Wildman–Crippen MR) is 112 cm³/mol. The van der Waals surface area contributed by atoms with Gasteiger partial charge in [0.15, 0.2) is 0 Å². The largest absolute Gasteiger partial charge is 0.243 e. The number of sulfonamides is 1. The zero-order valence-electron chi connectivity index (χ0n) is 16.6. The maximum absolute atomic E-state index is 13.3. The molecule has 28 heavy (non-hydrogen) atoms. The Morgan fingerprint density at radius 3 is 2.14 bits per heavy atom. The first-order valence-electron chi connectivity index (χ1n) is 10.2. The van der Waals surface area contributed by atoms with E-state index >= 15 is 0 Å². The van der Waals surface area contributed by atoms with Crippen LogP contribution in [0, 0.1) is 12.3 Å². The molecule has 0 radical (unpaired) electrons. The molecule has 1 heterocycles. The molecule has 2 fully saturated rings. The summed E-state index contributed by atoms with van der Waals surface area (Å²) < 4.78 is 28.4. The van der Waals surface area contributed by atoms with Crippen LogP contribution in [0.15, 0.2) is 70.6 Å². The minimum atomic E-state index is -3.45. The standard InChI is InChI=1S/C24H27NO2S/c1-18-8-10-21(11-9-18)28(26,27)25-16-22-19(2)24(20-6-4-3-5-7-20)14-12-23(22,17-25)13-15-24/h3-11H,12-17H2,1-2H3. The molecular formula is C24H27NO2S. The lowest BCUT2D eigenvalue weighted by atomic mass is 9.50. The molecule has 0 unspecified atom stereocenters. The van der Waals surface area contributed by atoms with Gasteiger partial charge in [0.2, 0.25) is 10.0 Å². The zero-order valence-corrected chi connectivity index (χ0v) is 17.4. The topological polar surface area (TPSA) is 37.4 Å². The normalized spacial score (nSPS) is 29.9. The Kier molecular flexibility index (Phi) is 3.91. The van der Waals surface area contributed by atoms with Gasteiger partial charge in [0.05, 0.1) is 4.90 Å². The number of rotatable bonds is 3. The minimum Gasteiger partial charge on any atom is -0.207 e. The number of nitrogens with zero attached hydrogens (tertiary/aromatic N) is 1. The van der Waals surface area contributed by atoms with Crippen molar-refractivity contribution in [3.63, 3.8) is 0 Å². The van der Waals surface area contributed by atoms with Crippen molar-refractivity contribution < 1.29 is 8.42 Å². The summed E-state index contributed by atoms with van der Waals surface area (Å²) >= 11 is 0. The summed E-state index contributed by atoms with van der Waals surface area (Å²) in [6.07, 6.45) is 4.44. The fourth-order valence-corrected chi connectivity index (χ4v) is 7.41. The maximum Gasteiger partial charge on any atom is 0.243 e. The van der Waals surface area contributed by atoms with Crippen LogP contribution in [-0.4, -0.2) is 25.8 Å². The lowest BCUT2D eigenvalue weighted by molar-refractivity contribution is 0.158. The van der Waals surface area contributed by atoms with Gasteiger partial charge >= 0.3 is 0 Å². The maximum atomic E-state index is 13.3. The first kappa shape index (κ1) is 18.1. The van der Waals surface area contributed by atoms with Gasteiger partial charge in [-0.1, -0.05) is 53.6 Å². The van der Waals surface area contributed by atoms with Crippen LogP contribution in [0.5, 0.6) is 0 Å². The zero-order chi connectivity index (χ0) is 19.6. The van der Waals surface area contributed by atoms with Gasteiger partial charge in [0, 0.05) is 23.9 Å². The second kappa shape index (κ2) is 6.04. The van der Waals surface area contributed by atoms with Crippen molar-refractivity contribution in [1.29, 1.82) is 0 Å². The number of hydrogen-bond donors (Lipinski definition) is 0. The van der Waals surface area contributed by atoms with Gasteiger partial charge in [-0.05, 0) is 62.8 Å². The van der Waals surface area contributed by atoms with E-state index in [1.54, 1.807) is 16.4 Å². The Morgan fingerprint density at radius 1 is 0.857 bits per heavy atom. The second-order valence-electron chi connectivity index (χ2n) is 8.92. The smallest absolute Gasteiger partial charge is 0.207 e. The van der Waals surface area contributed by atoms with E-state index < -0.39 is 10.0 Å². The monoisotopic (exact) mass is 393 g/mol. The third kappa shape index (κ3) is 2.40. The molecule has 1 saturated carbocycles. The average Bonchev–Trinajstić information content (AvgIpc) is 3.11. The second-order valence-corrected chi connectivity index (χ2v) is 10.9. The van der Waals surface area contributed by atoms with Gasteiger partial charge in [-0.2, -0.15) is 4.31 Å². The van der Waals surface area contributed by atoms with E-state index in [-0.39, 0.29) is 10.8 Å². The summed E-state index contributed by atoms with van der Waals surface area (Å²) in [4.78, 5) is 0.415. The molecule has 1 spiro atoms. The summed E-state index contributed by atoms with van der Waals surface area (Å²) in [7, 11) is -3.45. The van der Waals surface area contributed by atoms with Crippen LogP contribution in [0.2, 0.25) is 0 Å². The van der Waals surface area contributed by atoms with Crippen molar-refractivity contribution >= 4 is 10.0 Å². The Bertz CT molecular complexity index is 1040. The van der Waals surface area contributed by atoms with Gasteiger partial charge in [0.25, 0.3) is 0 Å². The van der Waals surface area contributed by atoms with Crippen LogP contribution in [0.4, 0.5) is 0 Å². The van der Waals surface area contributed by atoms with Crippen molar-refractivity contribution in [2.24, 2.45) is 5.41 Å². The van der Waals surface area contributed by atoms with Crippen molar-refractivity contribution in [1.82, 2.24) is 4.31 Å². The lowest BCUT2D eigenvalue weighted by Gasteiger charge is -2.53. The molecule has 1 aliphatic heterocycles. The molecule has 4 heteroatoms. The van der Waals surface area contributed by atoms with Crippen molar-refractivity contribution in [3.8, 4) is 0 Å². The van der Waals surface area contributed by atoms with E-state index in [2.05, 4.69) is 37.3 Å². The number of benzene rings is 2. The molecule has 2 bridgehead atoms. The molecular weight excluding hydrogens is 366 g/mol. The Balaban J connectivity index is 1.55. The molecule has 3 nitrogen and oxygen atoms in total. The average molecular weight is 394 g/mol. The fraction of sp³-hybridized carbons (Fsp3) is 0.417. The van der Waals surface area contributed by atoms with Crippen LogP contribution in [0.25, 0.3) is 0 Å². The SMILES string of the molecule is CC1=C2CN(S(=O)(=O)c3ccc(C)cc3)CC23CCC1(c1ccccc1)CC3. The van der Waals surface area contributed by atoms with Crippen LogP contribution < -0.4 is 0 Å². The molecule has 0 atom stereocenters. The Labute approximate surface area is 168 Å². The number of allylic oxidation sites excluding steroid dienone is 1. The molecule has 1 saturated heterocycles. The lowest BCUT2D eigenvalue weighted by Crippen LogP contribution is -2.46. The van der Waals surface area contributed by atoms with Crippen molar-refractivity contribution in [2.45, 2.75) is 49.8 Å². The summed E-state index contributed by atoms with van der Waals surface area (Å²) in [5.74, 6) is 0. The molecule has 2 aromatic rings. The van der Waals surface area contributed by atoms with E-state index in [0.717, 1.165) is 31.2 Å². The summed E-state index contributed by atoms with van der Waals surface area (Å²) in [6, 6.07) is 18.1. The highest BCUT2D eigenvalue weighted by molar-refractivity contribution is 7.89. The van der Waals surface area contributed by atoms with E-state index in [1.165, 1.54) is 16.7 Å². The van der Waals surface area contributed by atoms with Crippen molar-refractivity contribution in [3.05, 3.63) is 76.9 Å². The Morgan fingerprint density at radius 2 is 1.50 bits per heavy atom. The van der Waals surface area contributed by atoms with E-state index in [0.29, 0.717) is 18.0 Å². The van der Waals surface area contributed by atoms with Crippen molar-refractivity contribution in [2.75, 3.05) is 13.1 Å². The van der Waals surface area contributed by atoms with Crippen LogP contribution in [0.1, 0.15) is 43.7 Å². The molecule has 4 aliphatic rings. The minimum absolute atomic E-state index is 0.0539. The summed E-state index contributed by atoms with van der Waals surface area (Å²) in [6.45, 7) is 5.43. The fourth-order valence-electron chi connectivity index (χ4n) is 5.92. The van der Waals surface area contributed by atoms with Crippen LogP contribution in [-0.2, 0) is 15.4 Å². The highest BCUT2D eigenvalue weighted by Crippen LogP contribution is 2.62. The molecule has 0 N–H and O–H groups in total. The Hall–Kier alpha value is -1.91. The third-order valence-electron chi connectivity index (χ3n) is 7.67. The van der Waals surface area contributed by atoms with Gasteiger partial charge in [-0.15, -0.1) is 0 Å². The van der Waals surface area contributed by atoms with Crippen LogP contribution in [0.3, 0.4) is 0 Å². The highest BCUT2D eigenvalue weighted by atomic mass is 32.2. The van der Waals surface area contributed by atoms with E-state index in [4.69, 9.17) is 0 Å². The highest BCUT2D eigenvalue weighted by Gasteiger charge is 2.57. The number of fused-ring (bicyclic) bond motifs is 2. The molecule has 0 amide bonds. The molecule has 6 rings (SSSR count). The molecule has 0 aromatic heterocycles. The van der Waals surface area contributed by atoms with E-state index in [1.807, 2.05) is 19.1 Å². The number of aryl methyl sites for hydroxylation is 1. The third-order valence-corrected chi connectivity index (χ3v) is 9.48. The van der Waals surface area contributed by atoms with Gasteiger partial charge in [-0.3, -0.25) is 0 Å². The number of hydrogen-bond acceptors (Lipinski definition) is 2. The molecule has 2 aromatic carbocycles. The summed E-state index contributed by atoms with van der Waals surface area (Å²) in [5, 5.41) is 0. The summed E-state index contributed by atoms with van der Waals surface area (Å²) in [5.41, 5.74) is 5.45. The molecule has 146 valence electrons. The predicted octanol–water partition coefficient (Wildman–Crippen LogP) is 4.83. The molecule has 3 aliphatic carbocycles. The first-order valence-corrected chi connectivity index (χ1v) is 11.6. The van der Waals surface area contributed by atoms with Gasteiger partial charge in [0.1, 0.15) is 0 Å². The van der Waals surface area contributed by atoms with E-state index in [9.17, 15) is 8.42 Å². The first-order chi connectivity index (χ1) is 13.4. The van der Waals surface area contributed by atoms with Crippen LogP contribution >= 0.6 is 0 Å². The van der Waals surface area contributed by atoms with Gasteiger partial charge < -0.3 is 0 Å². The quantitative estimate of drug-likeness (QED) is 0.701.